The van der Waals surface area contributed by atoms with Crippen LogP contribution in [0.3, 0.4) is 0 Å². The van der Waals surface area contributed by atoms with Crippen molar-refractivity contribution in [2.75, 3.05) is 0 Å². The summed E-state index contributed by atoms with van der Waals surface area (Å²) >= 11 is 0. The SMILES string of the molecule is CC(C)(C)c1noc(C2CC(O)C2)n1. The van der Waals surface area contributed by atoms with Crippen LogP contribution in [0.5, 0.6) is 0 Å². The summed E-state index contributed by atoms with van der Waals surface area (Å²) in [5.41, 5.74) is -0.0654. The molecule has 0 radical (unpaired) electrons. The van der Waals surface area contributed by atoms with E-state index in [-0.39, 0.29) is 17.4 Å². The zero-order chi connectivity index (χ0) is 10.3. The van der Waals surface area contributed by atoms with Crippen LogP contribution >= 0.6 is 0 Å². The van der Waals surface area contributed by atoms with Crippen LogP contribution in [-0.4, -0.2) is 21.4 Å². The van der Waals surface area contributed by atoms with Crippen molar-refractivity contribution in [3.8, 4) is 0 Å². The third-order valence-corrected chi connectivity index (χ3v) is 2.57. The predicted octanol–water partition coefficient (Wildman–Crippen LogP) is 1.61. The van der Waals surface area contributed by atoms with Crippen molar-refractivity contribution in [2.24, 2.45) is 0 Å². The Morgan fingerprint density at radius 2 is 2.00 bits per heavy atom. The second-order valence-corrected chi connectivity index (χ2v) is 5.03. The van der Waals surface area contributed by atoms with Gasteiger partial charge in [-0.05, 0) is 12.8 Å². The fourth-order valence-corrected chi connectivity index (χ4v) is 1.50. The Balaban J connectivity index is 2.11. The molecule has 0 unspecified atom stereocenters. The zero-order valence-corrected chi connectivity index (χ0v) is 8.82. The van der Waals surface area contributed by atoms with Gasteiger partial charge in [0.1, 0.15) is 0 Å². The number of hydrogen-bond donors (Lipinski definition) is 1. The highest BCUT2D eigenvalue weighted by molar-refractivity contribution is 5.05. The molecule has 1 aromatic heterocycles. The maximum atomic E-state index is 9.16. The van der Waals surface area contributed by atoms with Crippen molar-refractivity contribution in [3.05, 3.63) is 11.7 Å². The maximum absolute atomic E-state index is 9.16. The largest absolute Gasteiger partial charge is 0.393 e. The van der Waals surface area contributed by atoms with E-state index in [4.69, 9.17) is 9.63 Å². The minimum atomic E-state index is -0.176. The first kappa shape index (κ1) is 9.65. The average Bonchev–Trinajstić information content (AvgIpc) is 2.45. The Bertz CT molecular complexity index is 321. The minimum absolute atomic E-state index is 0.0654. The van der Waals surface area contributed by atoms with Gasteiger partial charge in [-0.15, -0.1) is 0 Å². The van der Waals surface area contributed by atoms with Crippen LogP contribution in [0.1, 0.15) is 51.2 Å². The van der Waals surface area contributed by atoms with Crippen LogP contribution in [0.25, 0.3) is 0 Å². The summed E-state index contributed by atoms with van der Waals surface area (Å²) in [6.07, 6.45) is 1.34. The lowest BCUT2D eigenvalue weighted by molar-refractivity contribution is 0.0624. The minimum Gasteiger partial charge on any atom is -0.393 e. The van der Waals surface area contributed by atoms with E-state index in [0.29, 0.717) is 5.89 Å². The monoisotopic (exact) mass is 196 g/mol. The molecule has 2 rings (SSSR count). The molecule has 0 atom stereocenters. The molecule has 0 amide bonds. The standard InChI is InChI=1S/C10H16N2O2/c1-10(2,3)9-11-8(14-12-9)6-4-7(13)5-6/h6-7,13H,4-5H2,1-3H3. The van der Waals surface area contributed by atoms with Gasteiger partial charge in [-0.25, -0.2) is 0 Å². The van der Waals surface area contributed by atoms with E-state index in [2.05, 4.69) is 30.9 Å². The van der Waals surface area contributed by atoms with Gasteiger partial charge >= 0.3 is 0 Å². The molecule has 0 spiro atoms. The van der Waals surface area contributed by atoms with Gasteiger partial charge in [-0.3, -0.25) is 0 Å². The highest BCUT2D eigenvalue weighted by Gasteiger charge is 2.34. The molecule has 0 saturated heterocycles. The van der Waals surface area contributed by atoms with Crippen LogP contribution < -0.4 is 0 Å². The van der Waals surface area contributed by atoms with Crippen LogP contribution in [0, 0.1) is 0 Å². The van der Waals surface area contributed by atoms with Crippen LogP contribution in [0.4, 0.5) is 0 Å². The van der Waals surface area contributed by atoms with Crippen molar-refractivity contribution >= 4 is 0 Å². The van der Waals surface area contributed by atoms with E-state index in [1.807, 2.05) is 0 Å². The van der Waals surface area contributed by atoms with Crippen molar-refractivity contribution in [2.45, 2.75) is 51.0 Å². The van der Waals surface area contributed by atoms with Gasteiger partial charge in [0, 0.05) is 11.3 Å². The molecule has 0 bridgehead atoms. The van der Waals surface area contributed by atoms with Gasteiger partial charge in [-0.1, -0.05) is 25.9 Å². The summed E-state index contributed by atoms with van der Waals surface area (Å²) in [5, 5.41) is 13.1. The molecule has 14 heavy (non-hydrogen) atoms. The molecule has 1 heterocycles. The Morgan fingerprint density at radius 1 is 1.36 bits per heavy atom. The summed E-state index contributed by atoms with van der Waals surface area (Å²) in [6, 6.07) is 0. The topological polar surface area (TPSA) is 59.2 Å². The lowest BCUT2D eigenvalue weighted by Crippen LogP contribution is -2.26. The van der Waals surface area contributed by atoms with Crippen molar-refractivity contribution in [1.82, 2.24) is 10.1 Å². The zero-order valence-electron chi connectivity index (χ0n) is 8.82. The fourth-order valence-electron chi connectivity index (χ4n) is 1.50. The Labute approximate surface area is 83.3 Å². The average molecular weight is 196 g/mol. The van der Waals surface area contributed by atoms with Gasteiger partial charge in [-0.2, -0.15) is 4.98 Å². The van der Waals surface area contributed by atoms with E-state index in [0.717, 1.165) is 18.7 Å². The number of aliphatic hydroxyl groups excluding tert-OH is 1. The molecular weight excluding hydrogens is 180 g/mol. The molecule has 1 aromatic rings. The number of hydrogen-bond acceptors (Lipinski definition) is 4. The van der Waals surface area contributed by atoms with Crippen molar-refractivity contribution in [3.63, 3.8) is 0 Å². The molecule has 78 valence electrons. The molecule has 0 aromatic carbocycles. The second kappa shape index (κ2) is 3.05. The molecule has 4 nitrogen and oxygen atoms in total. The van der Waals surface area contributed by atoms with Gasteiger partial charge in [0.2, 0.25) is 5.89 Å². The number of nitrogens with zero attached hydrogens (tertiary/aromatic N) is 2. The predicted molar refractivity (Wildman–Crippen MR) is 51.0 cm³/mol. The van der Waals surface area contributed by atoms with Crippen LogP contribution in [0.15, 0.2) is 4.52 Å². The molecular formula is C10H16N2O2. The van der Waals surface area contributed by atoms with E-state index < -0.39 is 0 Å². The number of aromatic nitrogens is 2. The molecule has 1 aliphatic carbocycles. The molecule has 0 aliphatic heterocycles. The van der Waals surface area contributed by atoms with Gasteiger partial charge in [0.05, 0.1) is 6.10 Å². The summed E-state index contributed by atoms with van der Waals surface area (Å²) in [4.78, 5) is 4.35. The third kappa shape index (κ3) is 1.66. The van der Waals surface area contributed by atoms with Gasteiger partial charge < -0.3 is 9.63 Å². The van der Waals surface area contributed by atoms with E-state index in [9.17, 15) is 0 Å². The Morgan fingerprint density at radius 3 is 2.43 bits per heavy atom. The van der Waals surface area contributed by atoms with E-state index >= 15 is 0 Å². The first-order chi connectivity index (χ1) is 6.47. The summed E-state index contributed by atoms with van der Waals surface area (Å²) in [7, 11) is 0. The highest BCUT2D eigenvalue weighted by Crippen LogP contribution is 2.36. The fraction of sp³-hybridized carbons (Fsp3) is 0.800. The van der Waals surface area contributed by atoms with Gasteiger partial charge in [0.15, 0.2) is 5.82 Å². The van der Waals surface area contributed by atoms with E-state index in [1.165, 1.54) is 0 Å². The first-order valence-electron chi connectivity index (χ1n) is 4.99. The van der Waals surface area contributed by atoms with E-state index in [1.54, 1.807) is 0 Å². The van der Waals surface area contributed by atoms with Crippen molar-refractivity contribution < 1.29 is 9.63 Å². The van der Waals surface area contributed by atoms with Gasteiger partial charge in [0.25, 0.3) is 0 Å². The lowest BCUT2D eigenvalue weighted by atomic mass is 9.82. The summed E-state index contributed by atoms with van der Waals surface area (Å²) in [6.45, 7) is 6.16. The molecule has 1 N–H and O–H groups in total. The number of aliphatic hydroxyl groups is 1. The molecule has 1 saturated carbocycles. The lowest BCUT2D eigenvalue weighted by Gasteiger charge is -2.27. The first-order valence-corrected chi connectivity index (χ1v) is 4.99. The molecule has 1 fully saturated rings. The molecule has 4 heteroatoms. The highest BCUT2D eigenvalue weighted by atomic mass is 16.5. The third-order valence-electron chi connectivity index (χ3n) is 2.57. The normalized spacial score (nSPS) is 27.4. The maximum Gasteiger partial charge on any atom is 0.229 e. The summed E-state index contributed by atoms with van der Waals surface area (Å²) < 4.78 is 5.17. The smallest absolute Gasteiger partial charge is 0.229 e. The number of rotatable bonds is 1. The molecule has 1 aliphatic rings. The van der Waals surface area contributed by atoms with Crippen LogP contribution in [-0.2, 0) is 5.41 Å². The second-order valence-electron chi connectivity index (χ2n) is 5.03. The van der Waals surface area contributed by atoms with Crippen molar-refractivity contribution in [1.29, 1.82) is 0 Å². The summed E-state index contributed by atoms with van der Waals surface area (Å²) in [5.74, 6) is 1.70. The Hall–Kier alpha value is -0.900. The quantitative estimate of drug-likeness (QED) is 0.741. The Kier molecular flexibility index (Phi) is 2.10. The van der Waals surface area contributed by atoms with Crippen LogP contribution in [0.2, 0.25) is 0 Å².